The summed E-state index contributed by atoms with van der Waals surface area (Å²) in [6.45, 7) is 4.08. The van der Waals surface area contributed by atoms with E-state index in [4.69, 9.17) is 11.0 Å². The maximum atomic E-state index is 8.81. The SMILES string of the molecule is Cc1cnc(C(C)Nc2ccc(C#N)c(N)c2)s1. The average Bonchev–Trinajstić information content (AvgIpc) is 2.76. The van der Waals surface area contributed by atoms with Crippen molar-refractivity contribution in [3.05, 3.63) is 39.8 Å². The van der Waals surface area contributed by atoms with Crippen LogP contribution in [0.15, 0.2) is 24.4 Å². The molecule has 5 heteroatoms. The third-order valence-corrected chi connectivity index (χ3v) is 3.66. The number of thiazole rings is 1. The second-order valence-electron chi connectivity index (χ2n) is 4.09. The van der Waals surface area contributed by atoms with Crippen molar-refractivity contribution in [3.63, 3.8) is 0 Å². The molecule has 0 amide bonds. The lowest BCUT2D eigenvalue weighted by Gasteiger charge is -2.13. The Kier molecular flexibility index (Phi) is 3.49. The van der Waals surface area contributed by atoms with Crippen LogP contribution in [0.25, 0.3) is 0 Å². The van der Waals surface area contributed by atoms with E-state index in [0.717, 1.165) is 10.7 Å². The summed E-state index contributed by atoms with van der Waals surface area (Å²) >= 11 is 1.67. The minimum atomic E-state index is 0.121. The Morgan fingerprint density at radius 2 is 2.28 bits per heavy atom. The van der Waals surface area contributed by atoms with Crippen molar-refractivity contribution in [3.8, 4) is 6.07 Å². The number of anilines is 2. The molecular formula is C13H14N4S. The average molecular weight is 258 g/mol. The molecule has 1 aromatic heterocycles. The first-order valence-corrected chi connectivity index (χ1v) is 6.40. The highest BCUT2D eigenvalue weighted by molar-refractivity contribution is 7.11. The van der Waals surface area contributed by atoms with E-state index in [0.29, 0.717) is 11.3 Å². The van der Waals surface area contributed by atoms with Gasteiger partial charge < -0.3 is 11.1 Å². The first-order chi connectivity index (χ1) is 8.60. The van der Waals surface area contributed by atoms with Crippen molar-refractivity contribution < 1.29 is 0 Å². The van der Waals surface area contributed by atoms with Crippen molar-refractivity contribution in [2.75, 3.05) is 11.1 Å². The molecule has 1 unspecified atom stereocenters. The van der Waals surface area contributed by atoms with Gasteiger partial charge in [0.2, 0.25) is 0 Å². The number of nitrogen functional groups attached to an aromatic ring is 1. The highest BCUT2D eigenvalue weighted by atomic mass is 32.1. The molecule has 1 atom stereocenters. The molecule has 0 aliphatic carbocycles. The van der Waals surface area contributed by atoms with Gasteiger partial charge >= 0.3 is 0 Å². The van der Waals surface area contributed by atoms with E-state index in [1.54, 1.807) is 23.5 Å². The Hall–Kier alpha value is -2.06. The monoisotopic (exact) mass is 258 g/mol. The van der Waals surface area contributed by atoms with Gasteiger partial charge in [0.15, 0.2) is 0 Å². The smallest absolute Gasteiger partial charge is 0.115 e. The molecule has 0 fully saturated rings. The lowest BCUT2D eigenvalue weighted by Crippen LogP contribution is -2.06. The van der Waals surface area contributed by atoms with Crippen LogP contribution in [-0.4, -0.2) is 4.98 Å². The lowest BCUT2D eigenvalue weighted by molar-refractivity contribution is 0.870. The third kappa shape index (κ3) is 2.60. The lowest BCUT2D eigenvalue weighted by atomic mass is 10.1. The molecule has 1 aromatic carbocycles. The fraction of sp³-hybridized carbons (Fsp3) is 0.231. The maximum Gasteiger partial charge on any atom is 0.115 e. The second kappa shape index (κ2) is 5.07. The summed E-state index contributed by atoms with van der Waals surface area (Å²) in [4.78, 5) is 5.53. The Morgan fingerprint density at radius 3 is 2.83 bits per heavy atom. The molecule has 4 nitrogen and oxygen atoms in total. The standard InChI is InChI=1S/C13H14N4S/c1-8-7-16-13(18-8)9(2)17-11-4-3-10(6-14)12(15)5-11/h3-5,7,9,17H,15H2,1-2H3. The zero-order valence-corrected chi connectivity index (χ0v) is 11.1. The number of aromatic nitrogens is 1. The van der Waals surface area contributed by atoms with Gasteiger partial charge in [-0.2, -0.15) is 5.26 Å². The summed E-state index contributed by atoms with van der Waals surface area (Å²) in [5, 5.41) is 13.2. The molecule has 0 radical (unpaired) electrons. The van der Waals surface area contributed by atoms with Crippen molar-refractivity contribution in [2.24, 2.45) is 0 Å². The zero-order valence-electron chi connectivity index (χ0n) is 10.3. The van der Waals surface area contributed by atoms with Crippen LogP contribution >= 0.6 is 11.3 Å². The second-order valence-corrected chi connectivity index (χ2v) is 5.36. The normalized spacial score (nSPS) is 11.8. The van der Waals surface area contributed by atoms with Crippen LogP contribution in [0.3, 0.4) is 0 Å². The minimum Gasteiger partial charge on any atom is -0.398 e. The van der Waals surface area contributed by atoms with Crippen molar-refractivity contribution >= 4 is 22.7 Å². The van der Waals surface area contributed by atoms with Crippen LogP contribution in [0.1, 0.15) is 28.4 Å². The Labute approximate surface area is 110 Å². The molecule has 0 bridgehead atoms. The largest absolute Gasteiger partial charge is 0.398 e. The van der Waals surface area contributed by atoms with Crippen molar-refractivity contribution in [1.29, 1.82) is 5.26 Å². The predicted octanol–water partition coefficient (Wildman–Crippen LogP) is 3.08. The summed E-state index contributed by atoms with van der Waals surface area (Å²) in [5.41, 5.74) is 7.66. The number of aryl methyl sites for hydroxylation is 1. The minimum absolute atomic E-state index is 0.121. The van der Waals surface area contributed by atoms with Gasteiger partial charge in [-0.25, -0.2) is 4.98 Å². The molecule has 18 heavy (non-hydrogen) atoms. The third-order valence-electron chi connectivity index (χ3n) is 2.56. The molecular weight excluding hydrogens is 244 g/mol. The van der Waals surface area contributed by atoms with Crippen LogP contribution in [0.4, 0.5) is 11.4 Å². The quantitative estimate of drug-likeness (QED) is 0.830. The number of hydrogen-bond donors (Lipinski definition) is 2. The molecule has 92 valence electrons. The molecule has 0 saturated carbocycles. The van der Waals surface area contributed by atoms with Crippen LogP contribution in [0, 0.1) is 18.3 Å². The summed E-state index contributed by atoms with van der Waals surface area (Å²) in [6, 6.07) is 7.52. The van der Waals surface area contributed by atoms with Gasteiger partial charge in [0.1, 0.15) is 11.1 Å². The molecule has 1 heterocycles. The Balaban J connectivity index is 2.15. The Bertz CT molecular complexity index is 597. The molecule has 0 saturated heterocycles. The fourth-order valence-electron chi connectivity index (χ4n) is 1.64. The number of nitrogens with two attached hydrogens (primary N) is 1. The first-order valence-electron chi connectivity index (χ1n) is 5.58. The van der Waals surface area contributed by atoms with Crippen LogP contribution in [0.2, 0.25) is 0 Å². The summed E-state index contributed by atoms with van der Waals surface area (Å²) in [6.07, 6.45) is 1.87. The zero-order chi connectivity index (χ0) is 13.1. The van der Waals surface area contributed by atoms with E-state index in [1.807, 2.05) is 32.2 Å². The van der Waals surface area contributed by atoms with E-state index in [-0.39, 0.29) is 6.04 Å². The van der Waals surface area contributed by atoms with Crippen molar-refractivity contribution in [2.45, 2.75) is 19.9 Å². The Morgan fingerprint density at radius 1 is 1.50 bits per heavy atom. The van der Waals surface area contributed by atoms with Crippen LogP contribution in [-0.2, 0) is 0 Å². The summed E-state index contributed by atoms with van der Waals surface area (Å²) in [7, 11) is 0. The highest BCUT2D eigenvalue weighted by Gasteiger charge is 2.09. The number of rotatable bonds is 3. The van der Waals surface area contributed by atoms with Gasteiger partial charge in [0.05, 0.1) is 17.3 Å². The molecule has 0 aliphatic rings. The topological polar surface area (TPSA) is 74.7 Å². The van der Waals surface area contributed by atoms with Crippen molar-refractivity contribution in [1.82, 2.24) is 4.98 Å². The van der Waals surface area contributed by atoms with Crippen LogP contribution in [0.5, 0.6) is 0 Å². The van der Waals surface area contributed by atoms with Gasteiger partial charge in [-0.05, 0) is 32.0 Å². The van der Waals surface area contributed by atoms with Crippen LogP contribution < -0.4 is 11.1 Å². The summed E-state index contributed by atoms with van der Waals surface area (Å²) in [5.74, 6) is 0. The number of nitrogens with one attached hydrogen (secondary N) is 1. The van der Waals surface area contributed by atoms with Gasteiger partial charge in [-0.3, -0.25) is 0 Å². The van der Waals surface area contributed by atoms with E-state index in [9.17, 15) is 0 Å². The van der Waals surface area contributed by atoms with Gasteiger partial charge in [-0.1, -0.05) is 0 Å². The highest BCUT2D eigenvalue weighted by Crippen LogP contribution is 2.25. The van der Waals surface area contributed by atoms with Gasteiger partial charge in [-0.15, -0.1) is 11.3 Å². The molecule has 2 rings (SSSR count). The molecule has 0 spiro atoms. The number of benzene rings is 1. The van der Waals surface area contributed by atoms with E-state index in [1.165, 1.54) is 4.88 Å². The molecule has 2 aromatic rings. The van der Waals surface area contributed by atoms with E-state index < -0.39 is 0 Å². The number of nitriles is 1. The van der Waals surface area contributed by atoms with Gasteiger partial charge in [0.25, 0.3) is 0 Å². The predicted molar refractivity (Wildman–Crippen MR) is 74.5 cm³/mol. The molecule has 0 aliphatic heterocycles. The fourth-order valence-corrected chi connectivity index (χ4v) is 2.41. The van der Waals surface area contributed by atoms with E-state index >= 15 is 0 Å². The van der Waals surface area contributed by atoms with Gasteiger partial charge in [0, 0.05) is 16.8 Å². The maximum absolute atomic E-state index is 8.81. The number of nitrogens with zero attached hydrogens (tertiary/aromatic N) is 2. The first kappa shape index (κ1) is 12.4. The summed E-state index contributed by atoms with van der Waals surface area (Å²) < 4.78 is 0. The molecule has 3 N–H and O–H groups in total. The number of hydrogen-bond acceptors (Lipinski definition) is 5. The van der Waals surface area contributed by atoms with E-state index in [2.05, 4.69) is 10.3 Å².